The van der Waals surface area contributed by atoms with Crippen LogP contribution in [-0.4, -0.2) is 16.2 Å². The highest BCUT2D eigenvalue weighted by atomic mass is 35.5. The van der Waals surface area contributed by atoms with Crippen LogP contribution < -0.4 is 10.6 Å². The summed E-state index contributed by atoms with van der Waals surface area (Å²) < 4.78 is 18.5. The van der Waals surface area contributed by atoms with Crippen molar-refractivity contribution in [1.29, 1.82) is 0 Å². The lowest BCUT2D eigenvalue weighted by Crippen LogP contribution is -2.15. The molecule has 0 amide bonds. The van der Waals surface area contributed by atoms with Gasteiger partial charge in [-0.1, -0.05) is 22.8 Å². The van der Waals surface area contributed by atoms with Crippen molar-refractivity contribution in [2.45, 2.75) is 32.0 Å². The Balaban J connectivity index is 1.53. The summed E-state index contributed by atoms with van der Waals surface area (Å²) in [6.07, 6.45) is 2.43. The number of nitrogens with one attached hydrogen (secondary N) is 2. The second kappa shape index (κ2) is 5.76. The normalized spacial score (nSPS) is 14.5. The van der Waals surface area contributed by atoms with E-state index >= 15 is 0 Å². The Hall–Kier alpha value is -1.66. The van der Waals surface area contributed by atoms with E-state index in [9.17, 15) is 4.39 Å². The van der Waals surface area contributed by atoms with E-state index in [1.807, 2.05) is 0 Å². The zero-order valence-corrected chi connectivity index (χ0v) is 11.5. The van der Waals surface area contributed by atoms with Gasteiger partial charge in [-0.3, -0.25) is 0 Å². The lowest BCUT2D eigenvalue weighted by atomic mass is 10.2. The van der Waals surface area contributed by atoms with Gasteiger partial charge in [0.05, 0.1) is 11.6 Å². The monoisotopic (exact) mass is 296 g/mol. The Bertz CT molecular complexity index is 600. The Morgan fingerprint density at radius 1 is 1.30 bits per heavy atom. The van der Waals surface area contributed by atoms with Gasteiger partial charge in [0.1, 0.15) is 5.82 Å². The van der Waals surface area contributed by atoms with Crippen LogP contribution in [0.1, 0.15) is 24.3 Å². The molecule has 2 N–H and O–H groups in total. The van der Waals surface area contributed by atoms with Gasteiger partial charge in [0.15, 0.2) is 0 Å². The van der Waals surface area contributed by atoms with Crippen LogP contribution in [-0.2, 0) is 13.1 Å². The first-order valence-corrected chi connectivity index (χ1v) is 6.82. The van der Waals surface area contributed by atoms with Gasteiger partial charge < -0.3 is 15.1 Å². The first-order valence-electron chi connectivity index (χ1n) is 6.44. The smallest absolute Gasteiger partial charge is 0.315 e. The second-order valence-corrected chi connectivity index (χ2v) is 5.17. The van der Waals surface area contributed by atoms with Gasteiger partial charge in [0.2, 0.25) is 5.89 Å². The van der Waals surface area contributed by atoms with Crippen molar-refractivity contribution < 1.29 is 8.81 Å². The van der Waals surface area contributed by atoms with E-state index in [4.69, 9.17) is 16.0 Å². The molecule has 1 aromatic carbocycles. The molecule has 0 unspecified atom stereocenters. The van der Waals surface area contributed by atoms with Crippen LogP contribution in [0, 0.1) is 5.82 Å². The standard InChI is InChI=1S/C13H14ClFN4O/c14-10-5-8(1-4-11(10)15)6-17-13-19-18-12(20-13)7-16-9-2-3-9/h1,4-5,9,16H,2-3,6-7H2,(H,17,19). The maximum atomic E-state index is 13.0. The average molecular weight is 297 g/mol. The number of hydrogen-bond donors (Lipinski definition) is 2. The van der Waals surface area contributed by atoms with Gasteiger partial charge >= 0.3 is 6.01 Å². The summed E-state index contributed by atoms with van der Waals surface area (Å²) in [4.78, 5) is 0. The zero-order valence-electron chi connectivity index (χ0n) is 10.7. The summed E-state index contributed by atoms with van der Waals surface area (Å²) >= 11 is 5.71. The molecular formula is C13H14ClFN4O. The first-order chi connectivity index (χ1) is 9.70. The van der Waals surface area contributed by atoms with Crippen molar-refractivity contribution >= 4 is 17.6 Å². The minimum absolute atomic E-state index is 0.101. The molecule has 1 heterocycles. The minimum Gasteiger partial charge on any atom is -0.407 e. The molecular weight excluding hydrogens is 283 g/mol. The van der Waals surface area contributed by atoms with Crippen molar-refractivity contribution in [2.24, 2.45) is 0 Å². The van der Waals surface area contributed by atoms with E-state index in [1.54, 1.807) is 12.1 Å². The van der Waals surface area contributed by atoms with E-state index in [0.717, 1.165) is 5.56 Å². The average Bonchev–Trinajstić information content (AvgIpc) is 3.16. The Kier molecular flexibility index (Phi) is 3.84. The summed E-state index contributed by atoms with van der Waals surface area (Å²) in [6, 6.07) is 5.49. The molecule has 5 nitrogen and oxygen atoms in total. The second-order valence-electron chi connectivity index (χ2n) is 4.76. The molecule has 3 rings (SSSR count). The van der Waals surface area contributed by atoms with Crippen LogP contribution >= 0.6 is 11.6 Å². The summed E-state index contributed by atoms with van der Waals surface area (Å²) in [5.41, 5.74) is 0.840. The lowest BCUT2D eigenvalue weighted by molar-refractivity contribution is 0.475. The van der Waals surface area contributed by atoms with Crippen LogP contribution in [0.3, 0.4) is 0 Å². The molecule has 0 aliphatic heterocycles. The van der Waals surface area contributed by atoms with E-state index in [1.165, 1.54) is 18.9 Å². The summed E-state index contributed by atoms with van der Waals surface area (Å²) in [5.74, 6) is 0.123. The van der Waals surface area contributed by atoms with Gasteiger partial charge in [0.25, 0.3) is 0 Å². The van der Waals surface area contributed by atoms with Gasteiger partial charge in [-0.05, 0) is 30.5 Å². The number of hydrogen-bond acceptors (Lipinski definition) is 5. The largest absolute Gasteiger partial charge is 0.407 e. The fraction of sp³-hybridized carbons (Fsp3) is 0.385. The fourth-order valence-corrected chi connectivity index (χ4v) is 1.95. The van der Waals surface area contributed by atoms with Crippen molar-refractivity contribution in [3.63, 3.8) is 0 Å². The molecule has 1 aliphatic carbocycles. The van der Waals surface area contributed by atoms with Gasteiger partial charge in [0, 0.05) is 12.6 Å². The Labute approximate surface area is 120 Å². The summed E-state index contributed by atoms with van der Waals surface area (Å²) in [7, 11) is 0. The predicted octanol–water partition coefficient (Wildman–Crippen LogP) is 2.73. The van der Waals surface area contributed by atoms with E-state index in [-0.39, 0.29) is 5.02 Å². The van der Waals surface area contributed by atoms with Gasteiger partial charge in [-0.2, -0.15) is 0 Å². The molecule has 0 radical (unpaired) electrons. The molecule has 1 saturated carbocycles. The van der Waals surface area contributed by atoms with Gasteiger partial charge in [-0.25, -0.2) is 4.39 Å². The van der Waals surface area contributed by atoms with Crippen LogP contribution in [0.15, 0.2) is 22.6 Å². The SMILES string of the molecule is Fc1ccc(CNc2nnc(CNC3CC3)o2)cc1Cl. The predicted molar refractivity (Wildman–Crippen MR) is 72.9 cm³/mol. The third kappa shape index (κ3) is 3.46. The number of anilines is 1. The molecule has 0 saturated heterocycles. The van der Waals surface area contributed by atoms with Crippen molar-refractivity contribution in [3.05, 3.63) is 40.5 Å². The Morgan fingerprint density at radius 2 is 2.15 bits per heavy atom. The molecule has 20 heavy (non-hydrogen) atoms. The first kappa shape index (κ1) is 13.3. The third-order valence-electron chi connectivity index (χ3n) is 3.01. The highest BCUT2D eigenvalue weighted by molar-refractivity contribution is 6.30. The fourth-order valence-electron chi connectivity index (χ4n) is 1.74. The summed E-state index contributed by atoms with van der Waals surface area (Å²) in [6.45, 7) is 1.03. The molecule has 2 aromatic rings. The molecule has 1 aromatic heterocycles. The van der Waals surface area contributed by atoms with Crippen LogP contribution in [0.4, 0.5) is 10.4 Å². The molecule has 0 atom stereocenters. The lowest BCUT2D eigenvalue weighted by Gasteiger charge is -2.02. The van der Waals surface area contributed by atoms with Gasteiger partial charge in [-0.15, -0.1) is 5.10 Å². The number of aromatic nitrogens is 2. The van der Waals surface area contributed by atoms with E-state index < -0.39 is 5.82 Å². The number of halogens is 2. The number of rotatable bonds is 6. The quantitative estimate of drug-likeness (QED) is 0.858. The maximum absolute atomic E-state index is 13.0. The highest BCUT2D eigenvalue weighted by Gasteiger charge is 2.21. The molecule has 106 valence electrons. The van der Waals surface area contributed by atoms with Crippen molar-refractivity contribution in [2.75, 3.05) is 5.32 Å². The molecule has 0 bridgehead atoms. The highest BCUT2D eigenvalue weighted by Crippen LogP contribution is 2.19. The Morgan fingerprint density at radius 3 is 2.90 bits per heavy atom. The van der Waals surface area contributed by atoms with Crippen molar-refractivity contribution in [1.82, 2.24) is 15.5 Å². The van der Waals surface area contributed by atoms with E-state index in [2.05, 4.69) is 20.8 Å². The van der Waals surface area contributed by atoms with Crippen LogP contribution in [0.5, 0.6) is 0 Å². The zero-order chi connectivity index (χ0) is 13.9. The molecule has 1 fully saturated rings. The summed E-state index contributed by atoms with van der Waals surface area (Å²) in [5, 5.41) is 14.2. The topological polar surface area (TPSA) is 63.0 Å². The van der Waals surface area contributed by atoms with Crippen molar-refractivity contribution in [3.8, 4) is 0 Å². The third-order valence-corrected chi connectivity index (χ3v) is 3.30. The minimum atomic E-state index is -0.429. The maximum Gasteiger partial charge on any atom is 0.315 e. The van der Waals surface area contributed by atoms with E-state index in [0.29, 0.717) is 31.0 Å². The number of benzene rings is 1. The molecule has 7 heteroatoms. The molecule has 1 aliphatic rings. The number of nitrogens with zero attached hydrogens (tertiary/aromatic N) is 2. The molecule has 0 spiro atoms. The van der Waals surface area contributed by atoms with Crippen LogP contribution in [0.25, 0.3) is 0 Å². The van der Waals surface area contributed by atoms with Crippen LogP contribution in [0.2, 0.25) is 5.02 Å².